The zero-order valence-corrected chi connectivity index (χ0v) is 8.77. The molecule has 0 aliphatic carbocycles. The van der Waals surface area contributed by atoms with Crippen LogP contribution in [0.5, 0.6) is 0 Å². The van der Waals surface area contributed by atoms with Gasteiger partial charge in [-0.05, 0) is 24.6 Å². The predicted molar refractivity (Wildman–Crippen MR) is 51.5 cm³/mol. The second-order valence-electron chi connectivity index (χ2n) is 3.43. The van der Waals surface area contributed by atoms with Gasteiger partial charge in [-0.15, -0.1) is 0 Å². The second-order valence-corrected chi connectivity index (χ2v) is 3.43. The fourth-order valence-electron chi connectivity index (χ4n) is 1.28. The van der Waals surface area contributed by atoms with E-state index in [1.807, 2.05) is 0 Å². The molecule has 0 fully saturated rings. The summed E-state index contributed by atoms with van der Waals surface area (Å²) >= 11 is 0. The van der Waals surface area contributed by atoms with Gasteiger partial charge in [-0.3, -0.25) is 5.21 Å². The maximum Gasteiger partial charge on any atom is 0.431 e. The van der Waals surface area contributed by atoms with E-state index in [1.54, 1.807) is 0 Å². The average molecular weight is 249 g/mol. The van der Waals surface area contributed by atoms with Crippen LogP contribution in [-0.4, -0.2) is 21.5 Å². The lowest BCUT2D eigenvalue weighted by Gasteiger charge is -2.20. The minimum Gasteiger partial charge on any atom is -0.463 e. The van der Waals surface area contributed by atoms with Crippen LogP contribution < -0.4 is 0 Å². The van der Waals surface area contributed by atoms with E-state index in [0.717, 1.165) is 18.2 Å². The number of amides is 1. The van der Waals surface area contributed by atoms with Gasteiger partial charge in [0.25, 0.3) is 0 Å². The first-order valence-electron chi connectivity index (χ1n) is 4.61. The topological polar surface area (TPSA) is 60.8 Å². The molecule has 94 valence electrons. The molecule has 7 heteroatoms. The molecule has 1 atom stereocenters. The molecule has 0 heterocycles. The van der Waals surface area contributed by atoms with E-state index in [2.05, 4.69) is 0 Å². The molecular weight excluding hydrogens is 239 g/mol. The zero-order chi connectivity index (χ0) is 13.2. The normalized spacial score (nSPS) is 13.2. The number of hydrogen-bond donors (Lipinski definition) is 2. The summed E-state index contributed by atoms with van der Waals surface area (Å²) in [6.07, 6.45) is -6.13. The summed E-state index contributed by atoms with van der Waals surface area (Å²) in [4.78, 5) is 10.4. The van der Waals surface area contributed by atoms with Gasteiger partial charge in [0, 0.05) is 0 Å². The number of benzene rings is 1. The quantitative estimate of drug-likeness (QED) is 0.625. The molecule has 0 spiro atoms. The Balaban J connectivity index is 3.04. The summed E-state index contributed by atoms with van der Waals surface area (Å²) in [6.45, 7) is 1.28. The Labute approximate surface area is 94.9 Å². The molecule has 1 rings (SSSR count). The van der Waals surface area contributed by atoms with Gasteiger partial charge in [0.2, 0.25) is 0 Å². The molecule has 0 bridgehead atoms. The van der Waals surface area contributed by atoms with Crippen LogP contribution in [0.3, 0.4) is 0 Å². The first kappa shape index (κ1) is 13.3. The highest BCUT2D eigenvalue weighted by Crippen LogP contribution is 2.31. The highest BCUT2D eigenvalue weighted by Gasteiger charge is 2.31. The third kappa shape index (κ3) is 3.10. The summed E-state index contributed by atoms with van der Waals surface area (Å²) in [6, 6.07) is 3.07. The minimum atomic E-state index is -4.50. The lowest BCUT2D eigenvalue weighted by molar-refractivity contribution is -0.137. The predicted octanol–water partition coefficient (Wildman–Crippen LogP) is 3.14. The van der Waals surface area contributed by atoms with Crippen LogP contribution in [0.1, 0.15) is 24.1 Å². The van der Waals surface area contributed by atoms with Crippen molar-refractivity contribution in [3.8, 4) is 0 Å². The SMILES string of the molecule is CC(c1cccc(C(F)(F)F)c1)N(O)C(=O)O. The molecule has 4 nitrogen and oxygen atoms in total. The lowest BCUT2D eigenvalue weighted by atomic mass is 10.0. The van der Waals surface area contributed by atoms with Gasteiger partial charge in [0.1, 0.15) is 0 Å². The van der Waals surface area contributed by atoms with E-state index >= 15 is 0 Å². The Morgan fingerprint density at radius 2 is 2.00 bits per heavy atom. The molecule has 1 aromatic rings. The van der Waals surface area contributed by atoms with Crippen LogP contribution in [0.2, 0.25) is 0 Å². The number of hydroxylamine groups is 2. The summed E-state index contributed by atoms with van der Waals surface area (Å²) in [5.74, 6) is 0. The number of halogens is 3. The van der Waals surface area contributed by atoms with E-state index in [1.165, 1.54) is 13.0 Å². The van der Waals surface area contributed by atoms with Gasteiger partial charge >= 0.3 is 12.3 Å². The molecule has 0 aromatic heterocycles. The van der Waals surface area contributed by atoms with Crippen molar-refractivity contribution in [1.29, 1.82) is 0 Å². The second kappa shape index (κ2) is 4.62. The smallest absolute Gasteiger partial charge is 0.431 e. The highest BCUT2D eigenvalue weighted by atomic mass is 19.4. The van der Waals surface area contributed by atoms with Crippen molar-refractivity contribution in [1.82, 2.24) is 5.06 Å². The molecule has 0 aliphatic rings. The Bertz CT molecular complexity index is 420. The number of nitrogens with zero attached hydrogens (tertiary/aromatic N) is 1. The lowest BCUT2D eigenvalue weighted by Crippen LogP contribution is -2.28. The van der Waals surface area contributed by atoms with Crippen molar-refractivity contribution in [3.63, 3.8) is 0 Å². The maximum absolute atomic E-state index is 12.4. The van der Waals surface area contributed by atoms with Crippen molar-refractivity contribution >= 4 is 6.09 Å². The largest absolute Gasteiger partial charge is 0.463 e. The van der Waals surface area contributed by atoms with Crippen LogP contribution in [-0.2, 0) is 6.18 Å². The van der Waals surface area contributed by atoms with E-state index in [4.69, 9.17) is 10.3 Å². The van der Waals surface area contributed by atoms with Crippen molar-refractivity contribution in [2.24, 2.45) is 0 Å². The number of hydrogen-bond acceptors (Lipinski definition) is 2. The van der Waals surface area contributed by atoms with Crippen LogP contribution in [0.25, 0.3) is 0 Å². The Hall–Kier alpha value is -1.76. The van der Waals surface area contributed by atoms with Gasteiger partial charge in [-0.25, -0.2) is 4.79 Å². The number of carboxylic acid groups (broad SMARTS) is 1. The van der Waals surface area contributed by atoms with E-state index in [9.17, 15) is 18.0 Å². The molecule has 1 aromatic carbocycles. The average Bonchev–Trinajstić information content (AvgIpc) is 2.26. The first-order chi connectivity index (χ1) is 7.73. The Morgan fingerprint density at radius 3 is 2.47 bits per heavy atom. The first-order valence-corrected chi connectivity index (χ1v) is 4.61. The molecule has 2 N–H and O–H groups in total. The highest BCUT2D eigenvalue weighted by molar-refractivity contribution is 5.64. The van der Waals surface area contributed by atoms with Gasteiger partial charge in [0.05, 0.1) is 11.6 Å². The summed E-state index contributed by atoms with van der Waals surface area (Å²) in [7, 11) is 0. The Kier molecular flexibility index (Phi) is 3.62. The summed E-state index contributed by atoms with van der Waals surface area (Å²) in [5, 5.41) is 17.5. The van der Waals surface area contributed by atoms with Crippen LogP contribution in [0.4, 0.5) is 18.0 Å². The Morgan fingerprint density at radius 1 is 1.41 bits per heavy atom. The molecule has 0 saturated heterocycles. The molecular formula is C10H10F3NO3. The van der Waals surface area contributed by atoms with Crippen molar-refractivity contribution < 1.29 is 28.3 Å². The van der Waals surface area contributed by atoms with Crippen LogP contribution >= 0.6 is 0 Å². The van der Waals surface area contributed by atoms with Gasteiger partial charge in [-0.2, -0.15) is 18.2 Å². The monoisotopic (exact) mass is 249 g/mol. The number of alkyl halides is 3. The van der Waals surface area contributed by atoms with E-state index in [-0.39, 0.29) is 10.6 Å². The molecule has 1 amide bonds. The van der Waals surface area contributed by atoms with Crippen molar-refractivity contribution in [2.45, 2.75) is 19.1 Å². The fourth-order valence-corrected chi connectivity index (χ4v) is 1.28. The third-order valence-corrected chi connectivity index (χ3v) is 2.26. The minimum absolute atomic E-state index is 0.0461. The van der Waals surface area contributed by atoms with Crippen LogP contribution in [0.15, 0.2) is 24.3 Å². The van der Waals surface area contributed by atoms with Crippen LogP contribution in [0, 0.1) is 0 Å². The van der Waals surface area contributed by atoms with Gasteiger partial charge in [-0.1, -0.05) is 12.1 Å². The summed E-state index contributed by atoms with van der Waals surface area (Å²) < 4.78 is 37.2. The molecule has 17 heavy (non-hydrogen) atoms. The molecule has 0 radical (unpaired) electrons. The van der Waals surface area contributed by atoms with E-state index < -0.39 is 23.9 Å². The standard InChI is InChI=1S/C10H10F3NO3/c1-6(14(17)9(15)16)7-3-2-4-8(5-7)10(11,12)13/h2-6,17H,1H3,(H,15,16). The third-order valence-electron chi connectivity index (χ3n) is 2.26. The fraction of sp³-hybridized carbons (Fsp3) is 0.300. The molecule has 0 aliphatic heterocycles. The summed E-state index contributed by atoms with van der Waals surface area (Å²) in [5.41, 5.74) is -0.828. The number of carbonyl (C=O) groups is 1. The number of rotatable bonds is 2. The van der Waals surface area contributed by atoms with Crippen molar-refractivity contribution in [2.75, 3.05) is 0 Å². The molecule has 1 unspecified atom stereocenters. The zero-order valence-electron chi connectivity index (χ0n) is 8.77. The van der Waals surface area contributed by atoms with Crippen molar-refractivity contribution in [3.05, 3.63) is 35.4 Å². The maximum atomic E-state index is 12.4. The van der Waals surface area contributed by atoms with Gasteiger partial charge < -0.3 is 5.11 Å². The van der Waals surface area contributed by atoms with E-state index in [0.29, 0.717) is 0 Å². The van der Waals surface area contributed by atoms with Gasteiger partial charge in [0.15, 0.2) is 0 Å². The molecule has 0 saturated carbocycles.